The molecule has 0 bridgehead atoms. The van der Waals surface area contributed by atoms with Crippen molar-refractivity contribution < 1.29 is 4.74 Å². The number of nitriles is 1. The summed E-state index contributed by atoms with van der Waals surface area (Å²) in [6.45, 7) is 2.85. The predicted octanol–water partition coefficient (Wildman–Crippen LogP) is 2.48. The zero-order valence-electron chi connectivity index (χ0n) is 11.3. The van der Waals surface area contributed by atoms with Gasteiger partial charge in [0.15, 0.2) is 0 Å². The van der Waals surface area contributed by atoms with Crippen LogP contribution in [0.5, 0.6) is 5.88 Å². The van der Waals surface area contributed by atoms with E-state index < -0.39 is 0 Å². The van der Waals surface area contributed by atoms with Gasteiger partial charge >= 0.3 is 0 Å². The molecule has 4 heteroatoms. The highest BCUT2D eigenvalue weighted by atomic mass is 16.5. The number of nitrogens with one attached hydrogen (secondary N) is 1. The molecule has 1 unspecified atom stereocenters. The van der Waals surface area contributed by atoms with E-state index in [1.165, 1.54) is 6.42 Å². The molecule has 3 rings (SSSR count). The van der Waals surface area contributed by atoms with Gasteiger partial charge in [-0.25, -0.2) is 4.98 Å². The fourth-order valence-corrected chi connectivity index (χ4v) is 2.61. The van der Waals surface area contributed by atoms with Gasteiger partial charge in [-0.1, -0.05) is 18.2 Å². The average Bonchev–Trinajstić information content (AvgIpc) is 2.99. The topological polar surface area (TPSA) is 57.9 Å². The van der Waals surface area contributed by atoms with Gasteiger partial charge in [0.2, 0.25) is 5.88 Å². The Morgan fingerprint density at radius 3 is 3.10 bits per heavy atom. The largest absolute Gasteiger partial charge is 0.478 e. The normalized spacial score (nSPS) is 18.1. The van der Waals surface area contributed by atoms with Crippen LogP contribution in [0.1, 0.15) is 18.4 Å². The van der Waals surface area contributed by atoms with Crippen LogP contribution in [-0.4, -0.2) is 24.7 Å². The van der Waals surface area contributed by atoms with Crippen molar-refractivity contribution in [2.24, 2.45) is 5.92 Å². The van der Waals surface area contributed by atoms with E-state index in [0.29, 0.717) is 24.0 Å². The maximum atomic E-state index is 9.22. The predicted molar refractivity (Wildman–Crippen MR) is 77.5 cm³/mol. The quantitative estimate of drug-likeness (QED) is 0.924. The first-order valence-electron chi connectivity index (χ1n) is 7.00. The fraction of sp³-hybridized carbons (Fsp3) is 0.375. The van der Waals surface area contributed by atoms with Crippen LogP contribution in [0.3, 0.4) is 0 Å². The maximum absolute atomic E-state index is 9.22. The molecule has 0 aliphatic carbocycles. The highest BCUT2D eigenvalue weighted by molar-refractivity contribution is 5.85. The Hall–Kier alpha value is -2.12. The van der Waals surface area contributed by atoms with Crippen molar-refractivity contribution in [3.05, 3.63) is 35.9 Å². The first-order chi connectivity index (χ1) is 9.86. The number of para-hydroxylation sites is 1. The Balaban J connectivity index is 1.73. The smallest absolute Gasteiger partial charge is 0.215 e. The molecule has 1 N–H and O–H groups in total. The van der Waals surface area contributed by atoms with Crippen LogP contribution in [0.2, 0.25) is 0 Å². The second-order valence-electron chi connectivity index (χ2n) is 5.13. The Kier molecular flexibility index (Phi) is 3.80. The van der Waals surface area contributed by atoms with Crippen molar-refractivity contribution in [3.63, 3.8) is 0 Å². The number of ether oxygens (including phenoxy) is 1. The van der Waals surface area contributed by atoms with Gasteiger partial charge in [-0.3, -0.25) is 0 Å². The van der Waals surface area contributed by atoms with Crippen LogP contribution in [0.4, 0.5) is 0 Å². The van der Waals surface area contributed by atoms with E-state index in [-0.39, 0.29) is 0 Å². The van der Waals surface area contributed by atoms with Crippen LogP contribution < -0.4 is 10.1 Å². The highest BCUT2D eigenvalue weighted by Gasteiger charge is 2.14. The molecule has 1 aliphatic heterocycles. The van der Waals surface area contributed by atoms with Gasteiger partial charge in [-0.2, -0.15) is 5.26 Å². The van der Waals surface area contributed by atoms with E-state index in [1.807, 2.05) is 24.3 Å². The molecule has 1 fully saturated rings. The molecule has 20 heavy (non-hydrogen) atoms. The third-order valence-corrected chi connectivity index (χ3v) is 3.75. The van der Waals surface area contributed by atoms with Crippen molar-refractivity contribution in [2.75, 3.05) is 19.7 Å². The van der Waals surface area contributed by atoms with Crippen LogP contribution >= 0.6 is 0 Å². The number of rotatable bonds is 4. The number of pyridine rings is 1. The Labute approximate surface area is 118 Å². The molecule has 1 aromatic heterocycles. The fourth-order valence-electron chi connectivity index (χ4n) is 2.61. The van der Waals surface area contributed by atoms with Crippen LogP contribution in [-0.2, 0) is 0 Å². The Morgan fingerprint density at radius 1 is 1.40 bits per heavy atom. The highest BCUT2D eigenvalue weighted by Crippen LogP contribution is 2.22. The van der Waals surface area contributed by atoms with Gasteiger partial charge in [-0.15, -0.1) is 0 Å². The van der Waals surface area contributed by atoms with E-state index in [4.69, 9.17) is 4.74 Å². The molecule has 1 aromatic carbocycles. The van der Waals surface area contributed by atoms with Crippen LogP contribution in [0, 0.1) is 17.2 Å². The molecule has 102 valence electrons. The molecular formula is C16H17N3O. The lowest BCUT2D eigenvalue weighted by molar-refractivity contribution is 0.275. The summed E-state index contributed by atoms with van der Waals surface area (Å²) in [4.78, 5) is 4.46. The minimum atomic E-state index is 0.547. The molecule has 0 saturated carbocycles. The van der Waals surface area contributed by atoms with Crippen molar-refractivity contribution in [1.29, 1.82) is 5.26 Å². The van der Waals surface area contributed by atoms with Gasteiger partial charge < -0.3 is 10.1 Å². The number of hydrogen-bond acceptors (Lipinski definition) is 4. The lowest BCUT2D eigenvalue weighted by Crippen LogP contribution is -2.12. The average molecular weight is 267 g/mol. The Morgan fingerprint density at radius 2 is 2.30 bits per heavy atom. The minimum Gasteiger partial charge on any atom is -0.478 e. The number of fused-ring (bicyclic) bond motifs is 1. The standard InChI is InChI=1S/C16H17N3O/c17-10-13-9-16(19-15-4-2-1-3-14(13)15)20-8-6-12-5-7-18-11-12/h1-4,9,12,18H,5-8,11H2. The van der Waals surface area contributed by atoms with Crippen molar-refractivity contribution in [3.8, 4) is 11.9 Å². The van der Waals surface area contributed by atoms with E-state index in [9.17, 15) is 5.26 Å². The van der Waals surface area contributed by atoms with Gasteiger partial charge in [0, 0.05) is 11.5 Å². The number of aromatic nitrogens is 1. The summed E-state index contributed by atoms with van der Waals surface area (Å²) < 4.78 is 5.73. The molecule has 1 aliphatic rings. The summed E-state index contributed by atoms with van der Waals surface area (Å²) in [7, 11) is 0. The van der Waals surface area contributed by atoms with Crippen LogP contribution in [0.15, 0.2) is 30.3 Å². The Bertz CT molecular complexity index is 642. The molecule has 2 heterocycles. The molecular weight excluding hydrogens is 250 g/mol. The van der Waals surface area contributed by atoms with Gasteiger partial charge in [0.1, 0.15) is 6.07 Å². The molecule has 0 amide bonds. The summed E-state index contributed by atoms with van der Waals surface area (Å²) in [6.07, 6.45) is 2.25. The molecule has 0 spiro atoms. The second kappa shape index (κ2) is 5.89. The summed E-state index contributed by atoms with van der Waals surface area (Å²) in [5, 5.41) is 13.4. The van der Waals surface area contributed by atoms with Gasteiger partial charge in [0.05, 0.1) is 17.7 Å². The zero-order valence-corrected chi connectivity index (χ0v) is 11.3. The lowest BCUT2D eigenvalue weighted by atomic mass is 10.1. The van der Waals surface area contributed by atoms with E-state index in [0.717, 1.165) is 30.4 Å². The van der Waals surface area contributed by atoms with E-state index >= 15 is 0 Å². The van der Waals surface area contributed by atoms with Crippen molar-refractivity contribution >= 4 is 10.9 Å². The van der Waals surface area contributed by atoms with Crippen LogP contribution in [0.25, 0.3) is 10.9 Å². The minimum absolute atomic E-state index is 0.547. The van der Waals surface area contributed by atoms with Crippen molar-refractivity contribution in [2.45, 2.75) is 12.8 Å². The van der Waals surface area contributed by atoms with E-state index in [2.05, 4.69) is 16.4 Å². The lowest BCUT2D eigenvalue weighted by Gasteiger charge is -2.10. The van der Waals surface area contributed by atoms with Gasteiger partial charge in [-0.05, 0) is 37.9 Å². The molecule has 1 saturated heterocycles. The summed E-state index contributed by atoms with van der Waals surface area (Å²) in [5.74, 6) is 1.25. The first kappa shape index (κ1) is 12.9. The van der Waals surface area contributed by atoms with E-state index in [1.54, 1.807) is 6.07 Å². The number of hydrogen-bond donors (Lipinski definition) is 1. The molecule has 0 radical (unpaired) electrons. The summed E-state index contributed by atoms with van der Waals surface area (Å²) in [5.41, 5.74) is 1.43. The van der Waals surface area contributed by atoms with Crippen molar-refractivity contribution in [1.82, 2.24) is 10.3 Å². The number of nitrogens with zero attached hydrogens (tertiary/aromatic N) is 2. The SMILES string of the molecule is N#Cc1cc(OCCC2CCNC2)nc2ccccc12. The maximum Gasteiger partial charge on any atom is 0.215 e. The second-order valence-corrected chi connectivity index (χ2v) is 5.13. The molecule has 1 atom stereocenters. The van der Waals surface area contributed by atoms with Gasteiger partial charge in [0.25, 0.3) is 0 Å². The zero-order chi connectivity index (χ0) is 13.8. The summed E-state index contributed by atoms with van der Waals surface area (Å²) >= 11 is 0. The summed E-state index contributed by atoms with van der Waals surface area (Å²) in [6, 6.07) is 11.6. The third-order valence-electron chi connectivity index (χ3n) is 3.75. The number of benzene rings is 1. The molecule has 4 nitrogen and oxygen atoms in total. The molecule has 2 aromatic rings. The third kappa shape index (κ3) is 2.73. The monoisotopic (exact) mass is 267 g/mol. The first-order valence-corrected chi connectivity index (χ1v) is 7.00.